The molecule has 0 amide bonds. The van der Waals surface area contributed by atoms with Crippen LogP contribution in [0.2, 0.25) is 0 Å². The van der Waals surface area contributed by atoms with Gasteiger partial charge in [0.15, 0.2) is 0 Å². The largest absolute Gasteiger partial charge is 0.300 e. The first kappa shape index (κ1) is 23.2. The molecule has 2 aromatic carbocycles. The SMILES string of the molecule is O=C(CCC1CCN(Cc2ccccc2)CC1)CCC1CCN(Cc2ccccc2)CC1. The summed E-state index contributed by atoms with van der Waals surface area (Å²) in [5, 5.41) is 0. The summed E-state index contributed by atoms with van der Waals surface area (Å²) in [4.78, 5) is 17.7. The van der Waals surface area contributed by atoms with Gasteiger partial charge in [0.05, 0.1) is 0 Å². The second kappa shape index (κ2) is 12.3. The molecule has 0 spiro atoms. The standard InChI is InChI=1S/C29H40N2O/c32-29(13-11-25-15-19-30(20-16-25)23-27-7-3-1-4-8-27)14-12-26-17-21-31(22-18-26)24-28-9-5-2-6-10-28/h1-10,25-26H,11-24H2. The van der Waals surface area contributed by atoms with Crippen LogP contribution < -0.4 is 0 Å². The van der Waals surface area contributed by atoms with Crippen LogP contribution >= 0.6 is 0 Å². The minimum atomic E-state index is 0.503. The summed E-state index contributed by atoms with van der Waals surface area (Å²) in [7, 11) is 0. The smallest absolute Gasteiger partial charge is 0.132 e. The first-order chi connectivity index (χ1) is 15.7. The number of carbonyl (C=O) groups excluding carboxylic acids is 1. The molecule has 3 nitrogen and oxygen atoms in total. The van der Waals surface area contributed by atoms with Crippen LogP contribution in [-0.2, 0) is 17.9 Å². The molecule has 0 radical (unpaired) electrons. The molecule has 2 saturated heterocycles. The average molecular weight is 433 g/mol. The van der Waals surface area contributed by atoms with E-state index in [-0.39, 0.29) is 0 Å². The number of benzene rings is 2. The molecular weight excluding hydrogens is 392 g/mol. The van der Waals surface area contributed by atoms with Gasteiger partial charge in [0.1, 0.15) is 5.78 Å². The van der Waals surface area contributed by atoms with E-state index in [4.69, 9.17) is 0 Å². The molecule has 0 aliphatic carbocycles. The lowest BCUT2D eigenvalue weighted by atomic mass is 9.88. The lowest BCUT2D eigenvalue weighted by molar-refractivity contribution is -0.119. The maximum atomic E-state index is 12.5. The van der Waals surface area contributed by atoms with E-state index < -0.39 is 0 Å². The molecular formula is C29H40N2O. The molecule has 0 saturated carbocycles. The zero-order valence-electron chi connectivity index (χ0n) is 19.6. The summed E-state index contributed by atoms with van der Waals surface area (Å²) in [5.41, 5.74) is 2.82. The van der Waals surface area contributed by atoms with Gasteiger partial charge in [-0.2, -0.15) is 0 Å². The summed E-state index contributed by atoms with van der Waals surface area (Å²) in [6, 6.07) is 21.6. The van der Waals surface area contributed by atoms with Crippen molar-refractivity contribution in [2.45, 2.75) is 64.5 Å². The normalized spacial score (nSPS) is 19.2. The monoisotopic (exact) mass is 432 g/mol. The number of likely N-dealkylation sites (tertiary alicyclic amines) is 2. The van der Waals surface area contributed by atoms with Gasteiger partial charge in [0.25, 0.3) is 0 Å². The second-order valence-electron chi connectivity index (χ2n) is 10.0. The fraction of sp³-hybridized carbons (Fsp3) is 0.552. The molecule has 0 atom stereocenters. The molecule has 2 aliphatic rings. The number of Topliss-reactive ketones (excluding diaryl/α,β-unsaturated/α-hetero) is 1. The summed E-state index contributed by atoms with van der Waals surface area (Å²) < 4.78 is 0. The predicted octanol–water partition coefficient (Wildman–Crippen LogP) is 5.94. The van der Waals surface area contributed by atoms with Crippen molar-refractivity contribution in [2.75, 3.05) is 26.2 Å². The van der Waals surface area contributed by atoms with Gasteiger partial charge in [0, 0.05) is 25.9 Å². The highest BCUT2D eigenvalue weighted by Gasteiger charge is 2.22. The highest BCUT2D eigenvalue weighted by atomic mass is 16.1. The van der Waals surface area contributed by atoms with Crippen LogP contribution in [0.1, 0.15) is 62.5 Å². The Morgan fingerprint density at radius 1 is 0.625 bits per heavy atom. The van der Waals surface area contributed by atoms with E-state index in [1.165, 1.54) is 63.0 Å². The maximum absolute atomic E-state index is 12.5. The Hall–Kier alpha value is -1.97. The lowest BCUT2D eigenvalue weighted by Gasteiger charge is -2.32. The van der Waals surface area contributed by atoms with E-state index in [1.807, 2.05) is 0 Å². The summed E-state index contributed by atoms with van der Waals surface area (Å²) in [5.74, 6) is 1.99. The Morgan fingerprint density at radius 3 is 1.38 bits per heavy atom. The molecule has 3 heteroatoms. The molecule has 2 heterocycles. The fourth-order valence-electron chi connectivity index (χ4n) is 5.40. The van der Waals surface area contributed by atoms with Gasteiger partial charge in [0.2, 0.25) is 0 Å². The highest BCUT2D eigenvalue weighted by molar-refractivity contribution is 5.78. The Kier molecular flexibility index (Phi) is 8.93. The molecule has 0 unspecified atom stereocenters. The Morgan fingerprint density at radius 2 is 1.00 bits per heavy atom. The second-order valence-corrected chi connectivity index (χ2v) is 10.0. The zero-order valence-corrected chi connectivity index (χ0v) is 19.6. The first-order valence-corrected chi connectivity index (χ1v) is 12.8. The highest BCUT2D eigenvalue weighted by Crippen LogP contribution is 2.26. The molecule has 2 aromatic rings. The minimum Gasteiger partial charge on any atom is -0.300 e. The Labute approximate surface area is 194 Å². The molecule has 0 N–H and O–H groups in total. The minimum absolute atomic E-state index is 0.503. The van der Waals surface area contributed by atoms with Gasteiger partial charge in [-0.25, -0.2) is 0 Å². The van der Waals surface area contributed by atoms with Crippen molar-refractivity contribution in [3.8, 4) is 0 Å². The quantitative estimate of drug-likeness (QED) is 0.464. The Bertz CT molecular complexity index is 723. The van der Waals surface area contributed by atoms with Crippen LogP contribution in [0.5, 0.6) is 0 Å². The average Bonchev–Trinajstić information content (AvgIpc) is 2.84. The number of piperidine rings is 2. The van der Waals surface area contributed by atoms with Crippen LogP contribution in [-0.4, -0.2) is 41.8 Å². The van der Waals surface area contributed by atoms with Crippen LogP contribution in [0.15, 0.2) is 60.7 Å². The Balaban J connectivity index is 1.06. The van der Waals surface area contributed by atoms with Gasteiger partial charge >= 0.3 is 0 Å². The topological polar surface area (TPSA) is 23.6 Å². The molecule has 2 aliphatic heterocycles. The van der Waals surface area contributed by atoms with Crippen molar-refractivity contribution in [3.63, 3.8) is 0 Å². The number of hydrogen-bond donors (Lipinski definition) is 0. The van der Waals surface area contributed by atoms with Crippen LogP contribution in [0.4, 0.5) is 0 Å². The van der Waals surface area contributed by atoms with Crippen molar-refractivity contribution in [1.82, 2.24) is 9.80 Å². The van der Waals surface area contributed by atoms with Gasteiger partial charge < -0.3 is 0 Å². The molecule has 172 valence electrons. The fourth-order valence-corrected chi connectivity index (χ4v) is 5.40. The van der Waals surface area contributed by atoms with Gasteiger partial charge in [-0.3, -0.25) is 14.6 Å². The van der Waals surface area contributed by atoms with E-state index in [1.54, 1.807) is 0 Å². The number of ketones is 1. The predicted molar refractivity (Wildman–Crippen MR) is 132 cm³/mol. The van der Waals surface area contributed by atoms with Gasteiger partial charge in [-0.1, -0.05) is 60.7 Å². The van der Waals surface area contributed by atoms with E-state index in [0.29, 0.717) is 5.78 Å². The zero-order chi connectivity index (χ0) is 22.0. The van der Waals surface area contributed by atoms with E-state index in [0.717, 1.165) is 50.6 Å². The van der Waals surface area contributed by atoms with E-state index >= 15 is 0 Å². The third kappa shape index (κ3) is 7.56. The summed E-state index contributed by atoms with van der Waals surface area (Å²) in [6.45, 7) is 6.84. The summed E-state index contributed by atoms with van der Waals surface area (Å²) in [6.07, 6.45) is 8.81. The number of nitrogens with zero attached hydrogens (tertiary/aromatic N) is 2. The number of carbonyl (C=O) groups is 1. The maximum Gasteiger partial charge on any atom is 0.132 e. The van der Waals surface area contributed by atoms with Crippen LogP contribution in [0.3, 0.4) is 0 Å². The van der Waals surface area contributed by atoms with Gasteiger partial charge in [-0.05, 0) is 87.7 Å². The van der Waals surface area contributed by atoms with Crippen molar-refractivity contribution in [1.29, 1.82) is 0 Å². The molecule has 32 heavy (non-hydrogen) atoms. The van der Waals surface area contributed by atoms with Crippen molar-refractivity contribution in [2.24, 2.45) is 11.8 Å². The summed E-state index contributed by atoms with van der Waals surface area (Å²) >= 11 is 0. The van der Waals surface area contributed by atoms with Crippen molar-refractivity contribution < 1.29 is 4.79 Å². The molecule has 0 aromatic heterocycles. The number of hydrogen-bond acceptors (Lipinski definition) is 3. The lowest BCUT2D eigenvalue weighted by Crippen LogP contribution is -2.33. The van der Waals surface area contributed by atoms with Crippen molar-refractivity contribution in [3.05, 3.63) is 71.8 Å². The third-order valence-electron chi connectivity index (χ3n) is 7.58. The van der Waals surface area contributed by atoms with Crippen LogP contribution in [0, 0.1) is 11.8 Å². The number of rotatable bonds is 10. The molecule has 2 fully saturated rings. The van der Waals surface area contributed by atoms with Crippen molar-refractivity contribution >= 4 is 5.78 Å². The van der Waals surface area contributed by atoms with E-state index in [2.05, 4.69) is 70.5 Å². The molecule has 4 rings (SSSR count). The van der Waals surface area contributed by atoms with Crippen LogP contribution in [0.25, 0.3) is 0 Å². The molecule has 0 bridgehead atoms. The third-order valence-corrected chi connectivity index (χ3v) is 7.58. The first-order valence-electron chi connectivity index (χ1n) is 12.8. The van der Waals surface area contributed by atoms with E-state index in [9.17, 15) is 4.79 Å². The van der Waals surface area contributed by atoms with Gasteiger partial charge in [-0.15, -0.1) is 0 Å².